The van der Waals surface area contributed by atoms with Crippen molar-refractivity contribution in [2.45, 2.75) is 19.5 Å². The Morgan fingerprint density at radius 2 is 1.84 bits per heavy atom. The van der Waals surface area contributed by atoms with Crippen LogP contribution in [0, 0.1) is 6.92 Å². The highest BCUT2D eigenvalue weighted by Crippen LogP contribution is 2.30. The van der Waals surface area contributed by atoms with Crippen LogP contribution in [-0.4, -0.2) is 21.4 Å². The number of benzene rings is 2. The van der Waals surface area contributed by atoms with Gasteiger partial charge >= 0.3 is 0 Å². The Bertz CT molecular complexity index is 1130. The molecular formula is C23H20N4O3S. The SMILES string of the molecule is Cc1ccc(N(C(=O)c2csnn2)C(C(=O)NCc2ccccc2)c2ccco2)cc1. The Morgan fingerprint density at radius 1 is 1.06 bits per heavy atom. The minimum atomic E-state index is -1.02. The van der Waals surface area contributed by atoms with Crippen molar-refractivity contribution < 1.29 is 14.0 Å². The van der Waals surface area contributed by atoms with Crippen molar-refractivity contribution in [3.05, 3.63) is 101 Å². The number of nitrogens with zero attached hydrogens (tertiary/aromatic N) is 3. The lowest BCUT2D eigenvalue weighted by Crippen LogP contribution is -2.44. The molecule has 0 aliphatic rings. The van der Waals surface area contributed by atoms with Crippen LogP contribution in [0.1, 0.15) is 33.4 Å². The fourth-order valence-electron chi connectivity index (χ4n) is 3.17. The van der Waals surface area contributed by atoms with Crippen molar-refractivity contribution in [2.75, 3.05) is 4.90 Å². The topological polar surface area (TPSA) is 88.3 Å². The molecule has 2 heterocycles. The largest absolute Gasteiger partial charge is 0.467 e. The number of furan rings is 1. The van der Waals surface area contributed by atoms with Crippen LogP contribution in [-0.2, 0) is 11.3 Å². The maximum Gasteiger partial charge on any atom is 0.280 e. The molecule has 4 aromatic rings. The van der Waals surface area contributed by atoms with Gasteiger partial charge in [-0.05, 0) is 48.3 Å². The average molecular weight is 433 g/mol. The highest BCUT2D eigenvalue weighted by atomic mass is 32.1. The van der Waals surface area contributed by atoms with E-state index in [0.717, 1.165) is 22.7 Å². The summed E-state index contributed by atoms with van der Waals surface area (Å²) in [5.41, 5.74) is 2.71. The van der Waals surface area contributed by atoms with Gasteiger partial charge in [-0.3, -0.25) is 14.5 Å². The molecule has 4 rings (SSSR count). The number of hydrogen-bond donors (Lipinski definition) is 1. The van der Waals surface area contributed by atoms with Crippen LogP contribution in [0.2, 0.25) is 0 Å². The van der Waals surface area contributed by atoms with E-state index >= 15 is 0 Å². The second kappa shape index (κ2) is 9.36. The first-order valence-corrected chi connectivity index (χ1v) is 10.5. The Morgan fingerprint density at radius 3 is 2.48 bits per heavy atom. The number of nitrogens with one attached hydrogen (secondary N) is 1. The van der Waals surface area contributed by atoms with Crippen LogP contribution < -0.4 is 10.2 Å². The molecule has 1 atom stereocenters. The molecule has 2 aromatic heterocycles. The van der Waals surface area contributed by atoms with Crippen molar-refractivity contribution >= 4 is 29.0 Å². The van der Waals surface area contributed by atoms with Gasteiger partial charge in [0.1, 0.15) is 5.76 Å². The summed E-state index contributed by atoms with van der Waals surface area (Å²) in [4.78, 5) is 28.2. The van der Waals surface area contributed by atoms with Crippen molar-refractivity contribution in [2.24, 2.45) is 0 Å². The number of aryl methyl sites for hydroxylation is 1. The van der Waals surface area contributed by atoms with Crippen LogP contribution in [0.4, 0.5) is 5.69 Å². The normalized spacial score (nSPS) is 11.6. The molecule has 0 spiro atoms. The Kier molecular flexibility index (Phi) is 6.18. The summed E-state index contributed by atoms with van der Waals surface area (Å²) in [5.74, 6) is -0.451. The highest BCUT2D eigenvalue weighted by molar-refractivity contribution is 7.03. The molecule has 0 aliphatic heterocycles. The van der Waals surface area contributed by atoms with Crippen molar-refractivity contribution in [1.82, 2.24) is 14.9 Å². The minimum absolute atomic E-state index is 0.165. The molecule has 0 bridgehead atoms. The quantitative estimate of drug-likeness (QED) is 0.474. The molecular weight excluding hydrogens is 412 g/mol. The van der Waals surface area contributed by atoms with E-state index in [1.54, 1.807) is 29.6 Å². The van der Waals surface area contributed by atoms with Gasteiger partial charge in [0.15, 0.2) is 11.7 Å². The highest BCUT2D eigenvalue weighted by Gasteiger charge is 2.36. The van der Waals surface area contributed by atoms with Crippen LogP contribution in [0.3, 0.4) is 0 Å². The van der Waals surface area contributed by atoms with Crippen LogP contribution in [0.5, 0.6) is 0 Å². The van der Waals surface area contributed by atoms with Crippen LogP contribution >= 0.6 is 11.5 Å². The summed E-state index contributed by atoms with van der Waals surface area (Å²) in [5, 5.41) is 8.39. The second-order valence-electron chi connectivity index (χ2n) is 6.92. The van der Waals surface area contributed by atoms with Gasteiger partial charge in [0.2, 0.25) is 0 Å². The Labute approximate surface area is 183 Å². The third-order valence-electron chi connectivity index (χ3n) is 4.74. The standard InChI is InChI=1S/C23H20N4O3S/c1-16-9-11-18(12-10-16)27(23(29)19-15-31-26-25-19)21(20-8-5-13-30-20)22(28)24-14-17-6-3-2-4-7-17/h2-13,15,21H,14H2,1H3,(H,24,28). The van der Waals surface area contributed by atoms with Crippen molar-refractivity contribution in [3.63, 3.8) is 0 Å². The molecule has 2 aromatic carbocycles. The van der Waals surface area contributed by atoms with Crippen LogP contribution in [0.15, 0.2) is 82.8 Å². The van der Waals surface area contributed by atoms with Crippen molar-refractivity contribution in [3.8, 4) is 0 Å². The lowest BCUT2D eigenvalue weighted by molar-refractivity contribution is -0.123. The summed E-state index contributed by atoms with van der Waals surface area (Å²) < 4.78 is 9.37. The molecule has 156 valence electrons. The third-order valence-corrected chi connectivity index (χ3v) is 5.24. The van der Waals surface area contributed by atoms with E-state index < -0.39 is 11.9 Å². The molecule has 0 saturated carbocycles. The van der Waals surface area contributed by atoms with E-state index in [2.05, 4.69) is 14.9 Å². The maximum atomic E-state index is 13.4. The molecule has 0 fully saturated rings. The first-order valence-electron chi connectivity index (χ1n) is 9.66. The van der Waals surface area contributed by atoms with Gasteiger partial charge in [-0.1, -0.05) is 52.5 Å². The number of carbonyl (C=O) groups excluding carboxylic acids is 2. The summed E-state index contributed by atoms with van der Waals surface area (Å²) in [6, 6.07) is 19.3. The number of rotatable bonds is 7. The zero-order valence-corrected chi connectivity index (χ0v) is 17.6. The maximum absolute atomic E-state index is 13.4. The van der Waals surface area contributed by atoms with E-state index in [9.17, 15) is 9.59 Å². The van der Waals surface area contributed by atoms with Crippen molar-refractivity contribution in [1.29, 1.82) is 0 Å². The van der Waals surface area contributed by atoms with Gasteiger partial charge in [-0.25, -0.2) is 0 Å². The fourth-order valence-corrected chi connectivity index (χ4v) is 3.60. The lowest BCUT2D eigenvalue weighted by Gasteiger charge is -2.29. The van der Waals surface area contributed by atoms with Crippen LogP contribution in [0.25, 0.3) is 0 Å². The molecule has 31 heavy (non-hydrogen) atoms. The summed E-state index contributed by atoms with van der Waals surface area (Å²) >= 11 is 1.08. The van der Waals surface area contributed by atoms with Gasteiger partial charge in [0, 0.05) is 17.6 Å². The summed E-state index contributed by atoms with van der Waals surface area (Å²) in [7, 11) is 0. The van der Waals surface area contributed by atoms with E-state index in [1.165, 1.54) is 11.2 Å². The predicted molar refractivity (Wildman–Crippen MR) is 118 cm³/mol. The van der Waals surface area contributed by atoms with Gasteiger partial charge < -0.3 is 9.73 Å². The second-order valence-corrected chi connectivity index (χ2v) is 7.53. The smallest absolute Gasteiger partial charge is 0.280 e. The van der Waals surface area contributed by atoms with Gasteiger partial charge in [-0.2, -0.15) is 0 Å². The van der Waals surface area contributed by atoms with E-state index in [1.807, 2.05) is 49.4 Å². The minimum Gasteiger partial charge on any atom is -0.467 e. The van der Waals surface area contributed by atoms with Gasteiger partial charge in [0.25, 0.3) is 11.8 Å². The number of amides is 2. The first kappa shape index (κ1) is 20.5. The fraction of sp³-hybridized carbons (Fsp3) is 0.130. The van der Waals surface area contributed by atoms with E-state index in [-0.39, 0.29) is 11.6 Å². The molecule has 8 heteroatoms. The number of hydrogen-bond acceptors (Lipinski definition) is 6. The molecule has 0 aliphatic carbocycles. The predicted octanol–water partition coefficient (Wildman–Crippen LogP) is 4.14. The Balaban J connectivity index is 1.72. The summed E-state index contributed by atoms with van der Waals surface area (Å²) in [6.07, 6.45) is 1.48. The third kappa shape index (κ3) is 4.70. The van der Waals surface area contributed by atoms with E-state index in [0.29, 0.717) is 18.0 Å². The zero-order chi connectivity index (χ0) is 21.6. The monoisotopic (exact) mass is 432 g/mol. The number of carbonyl (C=O) groups is 2. The molecule has 0 saturated heterocycles. The molecule has 1 N–H and O–H groups in total. The first-order chi connectivity index (χ1) is 15.1. The van der Waals surface area contributed by atoms with E-state index in [4.69, 9.17) is 4.42 Å². The molecule has 7 nitrogen and oxygen atoms in total. The molecule has 2 amide bonds. The molecule has 0 radical (unpaired) electrons. The zero-order valence-electron chi connectivity index (χ0n) is 16.8. The Hall–Kier alpha value is -3.78. The van der Waals surface area contributed by atoms with Gasteiger partial charge in [0.05, 0.1) is 6.26 Å². The lowest BCUT2D eigenvalue weighted by atomic mass is 10.1. The number of aromatic nitrogens is 2. The number of anilines is 1. The summed E-state index contributed by atoms with van der Waals surface area (Å²) in [6.45, 7) is 2.28. The average Bonchev–Trinajstić information content (AvgIpc) is 3.51. The van der Waals surface area contributed by atoms with Gasteiger partial charge in [-0.15, -0.1) is 5.10 Å². The molecule has 1 unspecified atom stereocenters.